The first kappa shape index (κ1) is 19.1. The van der Waals surface area contributed by atoms with E-state index >= 15 is 0 Å². The average Bonchev–Trinajstić information content (AvgIpc) is 3.34. The summed E-state index contributed by atoms with van der Waals surface area (Å²) in [5.41, 5.74) is 2.62. The van der Waals surface area contributed by atoms with Crippen LogP contribution in [0.1, 0.15) is 31.4 Å². The predicted octanol–water partition coefficient (Wildman–Crippen LogP) is 4.37. The van der Waals surface area contributed by atoms with E-state index in [9.17, 15) is 5.11 Å². The Morgan fingerprint density at radius 1 is 1.29 bits per heavy atom. The zero-order valence-corrected chi connectivity index (χ0v) is 17.4. The van der Waals surface area contributed by atoms with Crippen molar-refractivity contribution in [1.29, 1.82) is 0 Å². The van der Waals surface area contributed by atoms with Crippen LogP contribution in [-0.2, 0) is 12.2 Å². The molecule has 3 aliphatic rings. The Balaban J connectivity index is 0.000000815. The third kappa shape index (κ3) is 4.54. The van der Waals surface area contributed by atoms with Crippen molar-refractivity contribution in [2.75, 3.05) is 18.8 Å². The van der Waals surface area contributed by atoms with Gasteiger partial charge in [-0.05, 0) is 29.7 Å². The molecule has 2 N–H and O–H groups in total. The SMILES string of the molecule is CC.OC(CNCC1CCSS1)C1Cc2cc3c(cc2O1)CSS3. The lowest BCUT2D eigenvalue weighted by atomic mass is 10.0. The molecule has 134 valence electrons. The molecular formula is C17H25NO2S4. The van der Waals surface area contributed by atoms with E-state index in [1.807, 2.05) is 57.0 Å². The van der Waals surface area contributed by atoms with Gasteiger partial charge in [0.2, 0.25) is 0 Å². The summed E-state index contributed by atoms with van der Waals surface area (Å²) >= 11 is 0. The number of rotatable bonds is 5. The Morgan fingerprint density at radius 3 is 2.96 bits per heavy atom. The molecule has 1 fully saturated rings. The van der Waals surface area contributed by atoms with E-state index in [0.29, 0.717) is 11.8 Å². The van der Waals surface area contributed by atoms with Gasteiger partial charge in [-0.15, -0.1) is 0 Å². The van der Waals surface area contributed by atoms with Gasteiger partial charge < -0.3 is 15.2 Å². The second kappa shape index (κ2) is 9.33. The molecule has 3 heterocycles. The van der Waals surface area contributed by atoms with Gasteiger partial charge in [-0.3, -0.25) is 0 Å². The van der Waals surface area contributed by atoms with E-state index < -0.39 is 6.10 Å². The van der Waals surface area contributed by atoms with Crippen LogP contribution in [0.3, 0.4) is 0 Å². The summed E-state index contributed by atoms with van der Waals surface area (Å²) in [4.78, 5) is 1.37. The number of hydrogen-bond donors (Lipinski definition) is 2. The number of nitrogens with one attached hydrogen (secondary N) is 1. The smallest absolute Gasteiger partial charge is 0.130 e. The van der Waals surface area contributed by atoms with Crippen LogP contribution in [0.4, 0.5) is 0 Å². The third-order valence-corrected chi connectivity index (χ3v) is 9.48. The van der Waals surface area contributed by atoms with Gasteiger partial charge in [-0.25, -0.2) is 0 Å². The lowest BCUT2D eigenvalue weighted by Crippen LogP contribution is -2.40. The van der Waals surface area contributed by atoms with Crippen LogP contribution in [0, 0.1) is 0 Å². The molecule has 0 radical (unpaired) electrons. The Morgan fingerprint density at radius 2 is 2.17 bits per heavy atom. The Labute approximate surface area is 160 Å². The molecule has 7 heteroatoms. The van der Waals surface area contributed by atoms with Gasteiger partial charge in [-0.1, -0.05) is 57.0 Å². The summed E-state index contributed by atoms with van der Waals surface area (Å²) in [5, 5.41) is 14.5. The molecule has 4 rings (SSSR count). The van der Waals surface area contributed by atoms with Crippen LogP contribution in [0.15, 0.2) is 17.0 Å². The lowest BCUT2D eigenvalue weighted by molar-refractivity contribution is 0.0502. The molecule has 3 atom stereocenters. The van der Waals surface area contributed by atoms with E-state index in [4.69, 9.17) is 4.74 Å². The van der Waals surface area contributed by atoms with Crippen LogP contribution >= 0.6 is 43.2 Å². The summed E-state index contributed by atoms with van der Waals surface area (Å²) in [6.45, 7) is 5.60. The quantitative estimate of drug-likeness (QED) is 0.707. The fraction of sp³-hybridized carbons (Fsp3) is 0.647. The van der Waals surface area contributed by atoms with Crippen LogP contribution in [0.5, 0.6) is 5.75 Å². The third-order valence-electron chi connectivity index (χ3n) is 4.19. The molecule has 1 aromatic rings. The van der Waals surface area contributed by atoms with Gasteiger partial charge in [0.05, 0.1) is 0 Å². The van der Waals surface area contributed by atoms with Crippen LogP contribution in [-0.4, -0.2) is 41.4 Å². The Hall–Kier alpha value is 0.340. The van der Waals surface area contributed by atoms with E-state index in [1.54, 1.807) is 0 Å². The number of hydrogen-bond acceptors (Lipinski definition) is 7. The molecular weight excluding hydrogens is 378 g/mol. The maximum absolute atomic E-state index is 10.4. The summed E-state index contributed by atoms with van der Waals surface area (Å²) in [7, 11) is 7.66. The minimum Gasteiger partial charge on any atom is -0.487 e. The van der Waals surface area contributed by atoms with Crippen LogP contribution in [0.25, 0.3) is 0 Å². The van der Waals surface area contributed by atoms with Gasteiger partial charge in [-0.2, -0.15) is 0 Å². The zero-order chi connectivity index (χ0) is 16.9. The Kier molecular flexibility index (Phi) is 7.43. The highest BCUT2D eigenvalue weighted by atomic mass is 33.1. The molecule has 0 spiro atoms. The first-order chi connectivity index (χ1) is 11.8. The van der Waals surface area contributed by atoms with Crippen molar-refractivity contribution in [1.82, 2.24) is 5.32 Å². The first-order valence-corrected chi connectivity index (χ1v) is 13.3. The number of fused-ring (bicyclic) bond motifs is 2. The average molecular weight is 404 g/mol. The molecule has 3 aliphatic heterocycles. The standard InChI is InChI=1S/C15H19NO2S4.C2H6/c17-12(7-16-6-11-1-2-19-21-11)14-3-9-5-15-10(8-20-22-15)4-13(9)18-14;1-2/h4-5,11-12,14,16-17H,1-3,6-8H2;1-2H3. The molecule has 1 saturated heterocycles. The van der Waals surface area contributed by atoms with Crippen molar-refractivity contribution in [2.24, 2.45) is 0 Å². The topological polar surface area (TPSA) is 41.5 Å². The highest BCUT2D eigenvalue weighted by Gasteiger charge is 2.31. The number of aliphatic hydroxyl groups is 1. The highest BCUT2D eigenvalue weighted by molar-refractivity contribution is 8.77. The van der Waals surface area contributed by atoms with Crippen molar-refractivity contribution in [2.45, 2.75) is 54.8 Å². The molecule has 0 amide bonds. The van der Waals surface area contributed by atoms with Gasteiger partial charge in [0.25, 0.3) is 0 Å². The summed E-state index contributed by atoms with van der Waals surface area (Å²) in [6.07, 6.45) is 1.55. The van der Waals surface area contributed by atoms with Gasteiger partial charge in [0.15, 0.2) is 0 Å². The van der Waals surface area contributed by atoms with E-state index in [-0.39, 0.29) is 6.10 Å². The predicted molar refractivity (Wildman–Crippen MR) is 110 cm³/mol. The molecule has 3 unspecified atom stereocenters. The van der Waals surface area contributed by atoms with Crippen molar-refractivity contribution >= 4 is 43.2 Å². The van der Waals surface area contributed by atoms with Crippen LogP contribution < -0.4 is 10.1 Å². The van der Waals surface area contributed by atoms with Crippen molar-refractivity contribution in [3.8, 4) is 5.75 Å². The van der Waals surface area contributed by atoms with E-state index in [1.165, 1.54) is 28.2 Å². The van der Waals surface area contributed by atoms with E-state index in [2.05, 4.69) is 17.4 Å². The van der Waals surface area contributed by atoms with Crippen molar-refractivity contribution in [3.05, 3.63) is 23.3 Å². The molecule has 0 bridgehead atoms. The van der Waals surface area contributed by atoms with Crippen molar-refractivity contribution < 1.29 is 9.84 Å². The maximum Gasteiger partial charge on any atom is 0.130 e. The second-order valence-electron chi connectivity index (χ2n) is 5.83. The summed E-state index contributed by atoms with van der Waals surface area (Å²) in [5.74, 6) is 3.29. The Bertz CT molecular complexity index is 519. The lowest BCUT2D eigenvalue weighted by Gasteiger charge is -2.19. The molecule has 0 saturated carbocycles. The van der Waals surface area contributed by atoms with E-state index in [0.717, 1.165) is 24.5 Å². The highest BCUT2D eigenvalue weighted by Crippen LogP contribution is 2.47. The molecule has 0 aliphatic carbocycles. The normalized spacial score (nSPS) is 25.5. The van der Waals surface area contributed by atoms with Crippen molar-refractivity contribution in [3.63, 3.8) is 0 Å². The zero-order valence-electron chi connectivity index (χ0n) is 14.1. The van der Waals surface area contributed by atoms with Gasteiger partial charge in [0.1, 0.15) is 18.0 Å². The van der Waals surface area contributed by atoms with Gasteiger partial charge in [0, 0.05) is 41.2 Å². The molecule has 3 nitrogen and oxygen atoms in total. The fourth-order valence-electron chi connectivity index (χ4n) is 2.93. The van der Waals surface area contributed by atoms with Gasteiger partial charge >= 0.3 is 0 Å². The molecule has 0 aromatic heterocycles. The number of ether oxygens (including phenoxy) is 1. The maximum atomic E-state index is 10.4. The summed E-state index contributed by atoms with van der Waals surface area (Å²) < 4.78 is 6.00. The monoisotopic (exact) mass is 403 g/mol. The second-order valence-corrected chi connectivity index (χ2v) is 11.0. The first-order valence-electron chi connectivity index (χ1n) is 8.58. The molecule has 24 heavy (non-hydrogen) atoms. The minimum absolute atomic E-state index is 0.103. The molecule has 1 aromatic carbocycles. The van der Waals surface area contributed by atoms with Crippen LogP contribution in [0.2, 0.25) is 0 Å². The number of aliphatic hydroxyl groups excluding tert-OH is 1. The number of benzene rings is 1. The summed E-state index contributed by atoms with van der Waals surface area (Å²) in [6, 6.07) is 4.42. The fourth-order valence-corrected chi connectivity index (χ4v) is 8.27. The largest absolute Gasteiger partial charge is 0.487 e. The minimum atomic E-state index is -0.441.